The maximum atomic E-state index is 6.14. The van der Waals surface area contributed by atoms with Crippen LogP contribution in [-0.2, 0) is 11.2 Å². The van der Waals surface area contributed by atoms with Crippen LogP contribution >= 0.6 is 11.6 Å². The molecule has 1 saturated heterocycles. The van der Waals surface area contributed by atoms with Gasteiger partial charge in [0.25, 0.3) is 0 Å². The summed E-state index contributed by atoms with van der Waals surface area (Å²) in [7, 11) is 0. The van der Waals surface area contributed by atoms with Crippen LogP contribution in [0.3, 0.4) is 0 Å². The molecule has 2 heterocycles. The first-order valence-corrected chi connectivity index (χ1v) is 6.62. The molecule has 2 rings (SSSR count). The maximum Gasteiger partial charge on any atom is 0.0732 e. The van der Waals surface area contributed by atoms with Crippen LogP contribution in [0.1, 0.15) is 25.3 Å². The lowest BCUT2D eigenvalue weighted by Crippen LogP contribution is -2.41. The maximum absolute atomic E-state index is 6.14. The molecule has 2 unspecified atom stereocenters. The third kappa shape index (κ3) is 3.41. The minimum absolute atomic E-state index is 0.319. The molecule has 4 heteroatoms. The Labute approximate surface area is 108 Å². The van der Waals surface area contributed by atoms with Gasteiger partial charge < -0.3 is 10.1 Å². The molecule has 0 aliphatic carbocycles. The molecule has 0 radical (unpaired) electrons. The molecular formula is C13H19ClN2O. The summed E-state index contributed by atoms with van der Waals surface area (Å²) in [6.07, 6.45) is 7.02. The lowest BCUT2D eigenvalue weighted by molar-refractivity contribution is 0.0789. The molecule has 17 heavy (non-hydrogen) atoms. The Morgan fingerprint density at radius 3 is 3.18 bits per heavy atom. The van der Waals surface area contributed by atoms with Gasteiger partial charge in [0.2, 0.25) is 0 Å². The van der Waals surface area contributed by atoms with Gasteiger partial charge in [-0.2, -0.15) is 0 Å². The summed E-state index contributed by atoms with van der Waals surface area (Å²) in [4.78, 5) is 4.01. The van der Waals surface area contributed by atoms with Crippen molar-refractivity contribution in [2.75, 3.05) is 13.2 Å². The predicted molar refractivity (Wildman–Crippen MR) is 69.4 cm³/mol. The summed E-state index contributed by atoms with van der Waals surface area (Å²) < 4.78 is 5.76. The van der Waals surface area contributed by atoms with E-state index in [0.717, 1.165) is 43.0 Å². The van der Waals surface area contributed by atoms with Gasteiger partial charge in [0.1, 0.15) is 0 Å². The molecule has 3 nitrogen and oxygen atoms in total. The normalized spacial score (nSPS) is 21.6. The number of ether oxygens (including phenoxy) is 1. The van der Waals surface area contributed by atoms with E-state index in [2.05, 4.69) is 17.2 Å². The number of hydrogen-bond acceptors (Lipinski definition) is 3. The molecule has 0 spiro atoms. The number of likely N-dealkylation sites (N-methyl/N-ethyl adjacent to an activating group) is 1. The van der Waals surface area contributed by atoms with Crippen molar-refractivity contribution < 1.29 is 4.74 Å². The topological polar surface area (TPSA) is 34.2 Å². The summed E-state index contributed by atoms with van der Waals surface area (Å²) in [6.45, 7) is 3.96. The van der Waals surface area contributed by atoms with Crippen LogP contribution in [0.25, 0.3) is 0 Å². The monoisotopic (exact) mass is 254 g/mol. The smallest absolute Gasteiger partial charge is 0.0732 e. The van der Waals surface area contributed by atoms with Crippen molar-refractivity contribution in [2.24, 2.45) is 0 Å². The van der Waals surface area contributed by atoms with Crippen LogP contribution in [0.15, 0.2) is 18.5 Å². The highest BCUT2D eigenvalue weighted by atomic mass is 35.5. The fourth-order valence-electron chi connectivity index (χ4n) is 2.32. The van der Waals surface area contributed by atoms with Gasteiger partial charge in [0.15, 0.2) is 0 Å². The van der Waals surface area contributed by atoms with Crippen LogP contribution in [0.5, 0.6) is 0 Å². The molecule has 0 bridgehead atoms. The molecule has 1 aliphatic rings. The highest BCUT2D eigenvalue weighted by Gasteiger charge is 2.25. The zero-order valence-corrected chi connectivity index (χ0v) is 10.9. The Morgan fingerprint density at radius 1 is 1.65 bits per heavy atom. The highest BCUT2D eigenvalue weighted by Crippen LogP contribution is 2.21. The second kappa shape index (κ2) is 6.34. The quantitative estimate of drug-likeness (QED) is 0.877. The zero-order chi connectivity index (χ0) is 12.1. The zero-order valence-electron chi connectivity index (χ0n) is 10.2. The van der Waals surface area contributed by atoms with E-state index >= 15 is 0 Å². The van der Waals surface area contributed by atoms with E-state index in [9.17, 15) is 0 Å². The number of hydrogen-bond donors (Lipinski definition) is 1. The molecule has 1 aromatic heterocycles. The average Bonchev–Trinajstić information content (AvgIpc) is 2.85. The Hall–Kier alpha value is -0.640. The van der Waals surface area contributed by atoms with Gasteiger partial charge in [-0.1, -0.05) is 18.5 Å². The van der Waals surface area contributed by atoms with Crippen molar-refractivity contribution in [3.8, 4) is 0 Å². The third-order valence-electron chi connectivity index (χ3n) is 3.18. The van der Waals surface area contributed by atoms with Crippen LogP contribution < -0.4 is 5.32 Å². The van der Waals surface area contributed by atoms with Crippen molar-refractivity contribution >= 4 is 11.6 Å². The number of pyridine rings is 1. The minimum Gasteiger partial charge on any atom is -0.377 e. The predicted octanol–water partition coefficient (Wildman–Crippen LogP) is 2.43. The van der Waals surface area contributed by atoms with E-state index in [-0.39, 0.29) is 0 Å². The molecule has 1 aliphatic heterocycles. The largest absolute Gasteiger partial charge is 0.377 e. The number of nitrogens with one attached hydrogen (secondary N) is 1. The molecule has 0 saturated carbocycles. The highest BCUT2D eigenvalue weighted by molar-refractivity contribution is 6.31. The molecule has 1 aromatic rings. The van der Waals surface area contributed by atoms with E-state index in [1.54, 1.807) is 12.4 Å². The number of halogens is 1. The standard InChI is InChI=1S/C13H19ClN2O/c1-2-16-12(13-4-3-7-17-13)8-10-5-6-15-9-11(10)14/h5-6,9,12-13,16H,2-4,7-8H2,1H3. The van der Waals surface area contributed by atoms with E-state index in [4.69, 9.17) is 16.3 Å². The third-order valence-corrected chi connectivity index (χ3v) is 3.52. The van der Waals surface area contributed by atoms with Crippen LogP contribution in [-0.4, -0.2) is 30.3 Å². The van der Waals surface area contributed by atoms with Gasteiger partial charge in [0.05, 0.1) is 11.1 Å². The Morgan fingerprint density at radius 2 is 2.53 bits per heavy atom. The van der Waals surface area contributed by atoms with Crippen LogP contribution in [0.4, 0.5) is 0 Å². The van der Waals surface area contributed by atoms with Gasteiger partial charge in [-0.25, -0.2) is 0 Å². The second-order valence-electron chi connectivity index (χ2n) is 4.39. The van der Waals surface area contributed by atoms with Crippen molar-refractivity contribution in [3.05, 3.63) is 29.0 Å². The van der Waals surface area contributed by atoms with Gasteiger partial charge >= 0.3 is 0 Å². The van der Waals surface area contributed by atoms with Gasteiger partial charge in [0, 0.05) is 25.0 Å². The molecule has 1 fully saturated rings. The van der Waals surface area contributed by atoms with Gasteiger partial charge in [-0.05, 0) is 37.4 Å². The average molecular weight is 255 g/mol. The number of nitrogens with zero attached hydrogens (tertiary/aromatic N) is 1. The lowest BCUT2D eigenvalue weighted by Gasteiger charge is -2.24. The summed E-state index contributed by atoms with van der Waals surface area (Å²) in [6, 6.07) is 2.34. The SMILES string of the molecule is CCNC(Cc1ccncc1Cl)C1CCCO1. The van der Waals surface area contributed by atoms with E-state index in [0.29, 0.717) is 12.1 Å². The van der Waals surface area contributed by atoms with Crippen molar-refractivity contribution in [1.82, 2.24) is 10.3 Å². The fraction of sp³-hybridized carbons (Fsp3) is 0.615. The number of aromatic nitrogens is 1. The second-order valence-corrected chi connectivity index (χ2v) is 4.79. The molecule has 2 atom stereocenters. The van der Waals surface area contributed by atoms with Crippen molar-refractivity contribution in [2.45, 2.75) is 38.3 Å². The van der Waals surface area contributed by atoms with Crippen LogP contribution in [0, 0.1) is 0 Å². The first kappa shape index (κ1) is 12.8. The summed E-state index contributed by atoms with van der Waals surface area (Å²) >= 11 is 6.14. The molecule has 1 N–H and O–H groups in total. The summed E-state index contributed by atoms with van der Waals surface area (Å²) in [5.41, 5.74) is 1.14. The Kier molecular flexibility index (Phi) is 4.77. The van der Waals surface area contributed by atoms with Crippen molar-refractivity contribution in [3.63, 3.8) is 0 Å². The molecular weight excluding hydrogens is 236 g/mol. The van der Waals surface area contributed by atoms with Gasteiger partial charge in [-0.3, -0.25) is 4.98 Å². The van der Waals surface area contributed by atoms with E-state index in [1.165, 1.54) is 0 Å². The molecule has 0 aromatic carbocycles. The summed E-state index contributed by atoms with van der Waals surface area (Å²) in [5.74, 6) is 0. The fourth-order valence-corrected chi connectivity index (χ4v) is 2.52. The summed E-state index contributed by atoms with van der Waals surface area (Å²) in [5, 5.41) is 4.24. The first-order valence-electron chi connectivity index (χ1n) is 6.24. The van der Waals surface area contributed by atoms with E-state index in [1.807, 2.05) is 6.07 Å². The van der Waals surface area contributed by atoms with Crippen molar-refractivity contribution in [1.29, 1.82) is 0 Å². The van der Waals surface area contributed by atoms with Gasteiger partial charge in [-0.15, -0.1) is 0 Å². The Bertz CT molecular complexity index is 353. The minimum atomic E-state index is 0.319. The van der Waals surface area contributed by atoms with E-state index < -0.39 is 0 Å². The Balaban J connectivity index is 2.04. The lowest BCUT2D eigenvalue weighted by atomic mass is 10.00. The first-order chi connectivity index (χ1) is 8.31. The number of rotatable bonds is 5. The molecule has 0 amide bonds. The molecule has 94 valence electrons. The van der Waals surface area contributed by atoms with Crippen LogP contribution in [0.2, 0.25) is 5.02 Å².